The summed E-state index contributed by atoms with van der Waals surface area (Å²) in [5.41, 5.74) is -0.486. The maximum atomic E-state index is 11.9. The fourth-order valence-electron chi connectivity index (χ4n) is 3.30. The van der Waals surface area contributed by atoms with Gasteiger partial charge in [0.1, 0.15) is 0 Å². The lowest BCUT2D eigenvalue weighted by Gasteiger charge is -2.55. The summed E-state index contributed by atoms with van der Waals surface area (Å²) in [5.74, 6) is -3.31. The Morgan fingerprint density at radius 2 is 1.44 bits per heavy atom. The maximum absolute atomic E-state index is 11.9. The van der Waals surface area contributed by atoms with Gasteiger partial charge in [-0.15, -0.1) is 0 Å². The Bertz CT molecular complexity index is 436. The van der Waals surface area contributed by atoms with Gasteiger partial charge < -0.3 is 9.47 Å². The number of hydrogen-bond acceptors (Lipinski definition) is 5. The second-order valence-electron chi connectivity index (χ2n) is 5.23. The molecule has 3 rings (SSSR count). The predicted molar refractivity (Wildman–Crippen MR) is 59.2 cm³/mol. The molecular weight excluding hydrogens is 236 g/mol. The Morgan fingerprint density at radius 1 is 0.889 bits per heavy atom. The lowest BCUT2D eigenvalue weighted by atomic mass is 9.55. The van der Waals surface area contributed by atoms with Crippen LogP contribution in [0.2, 0.25) is 0 Å². The Hall–Kier alpha value is -1.65. The first-order chi connectivity index (χ1) is 8.58. The first-order valence-electron chi connectivity index (χ1n) is 6.25. The third kappa shape index (κ3) is 1.36. The van der Waals surface area contributed by atoms with E-state index in [1.54, 1.807) is 0 Å². The zero-order chi connectivity index (χ0) is 12.8. The van der Waals surface area contributed by atoms with Gasteiger partial charge in [0.2, 0.25) is 5.78 Å². The topological polar surface area (TPSA) is 69.7 Å². The summed E-state index contributed by atoms with van der Waals surface area (Å²) < 4.78 is 10.4. The summed E-state index contributed by atoms with van der Waals surface area (Å²) in [6, 6.07) is 0. The van der Waals surface area contributed by atoms with Crippen molar-refractivity contribution in [2.45, 2.75) is 44.3 Å². The lowest BCUT2D eigenvalue weighted by molar-refractivity contribution is -0.288. The van der Waals surface area contributed by atoms with Crippen molar-refractivity contribution in [3.63, 3.8) is 0 Å². The van der Waals surface area contributed by atoms with E-state index < -0.39 is 23.1 Å². The fourth-order valence-corrected chi connectivity index (χ4v) is 3.30. The van der Waals surface area contributed by atoms with E-state index in [9.17, 15) is 14.4 Å². The zero-order valence-corrected chi connectivity index (χ0v) is 9.94. The van der Waals surface area contributed by atoms with Crippen LogP contribution in [0.25, 0.3) is 0 Å². The van der Waals surface area contributed by atoms with Crippen LogP contribution < -0.4 is 0 Å². The highest BCUT2D eigenvalue weighted by molar-refractivity contribution is 6.02. The van der Waals surface area contributed by atoms with Crippen molar-refractivity contribution in [2.24, 2.45) is 5.41 Å². The first-order valence-corrected chi connectivity index (χ1v) is 6.25. The van der Waals surface area contributed by atoms with Crippen LogP contribution in [-0.2, 0) is 23.9 Å². The van der Waals surface area contributed by atoms with E-state index in [0.29, 0.717) is 6.42 Å². The summed E-state index contributed by atoms with van der Waals surface area (Å²) in [7, 11) is 0. The third-order valence-corrected chi connectivity index (χ3v) is 4.22. The van der Waals surface area contributed by atoms with Gasteiger partial charge in [-0.2, -0.15) is 0 Å². The van der Waals surface area contributed by atoms with Gasteiger partial charge in [0.05, 0.1) is 5.41 Å². The Morgan fingerprint density at radius 3 is 1.94 bits per heavy atom. The van der Waals surface area contributed by atoms with Gasteiger partial charge in [0.15, 0.2) is 0 Å². The molecule has 5 nitrogen and oxygen atoms in total. The molecule has 2 saturated carbocycles. The average molecular weight is 250 g/mol. The van der Waals surface area contributed by atoms with Crippen LogP contribution in [0.1, 0.15) is 38.5 Å². The number of ether oxygens (including phenoxy) is 2. The van der Waals surface area contributed by atoms with E-state index in [4.69, 9.17) is 9.47 Å². The number of fused-ring (bicyclic) bond motifs is 1. The molecule has 0 amide bonds. The Balaban J connectivity index is 1.98. The molecule has 0 aromatic rings. The van der Waals surface area contributed by atoms with Gasteiger partial charge in [-0.3, -0.25) is 4.79 Å². The number of ketones is 1. The van der Waals surface area contributed by atoms with E-state index >= 15 is 0 Å². The summed E-state index contributed by atoms with van der Waals surface area (Å²) in [6.07, 6.45) is 6.94. The molecule has 2 aliphatic carbocycles. The van der Waals surface area contributed by atoms with E-state index in [2.05, 4.69) is 0 Å². The Kier molecular flexibility index (Phi) is 2.33. The minimum absolute atomic E-state index is 0.296. The van der Waals surface area contributed by atoms with E-state index in [-0.39, 0.29) is 5.78 Å². The molecule has 2 spiro atoms. The second kappa shape index (κ2) is 3.67. The lowest BCUT2D eigenvalue weighted by Crippen LogP contribution is -2.69. The van der Waals surface area contributed by atoms with Crippen LogP contribution in [0.5, 0.6) is 0 Å². The van der Waals surface area contributed by atoms with Crippen LogP contribution in [0, 0.1) is 5.41 Å². The maximum Gasteiger partial charge on any atom is 0.334 e. The van der Waals surface area contributed by atoms with Crippen LogP contribution in [0.4, 0.5) is 0 Å². The largest absolute Gasteiger partial charge is 0.411 e. The number of carbonyl (C=O) groups is 3. The standard InChI is InChI=1S/C13H14O5/c14-9-8-12(6-2-1-3-7-12)13(9)17-10(15)4-5-11(16)18-13/h4-5H,1-3,6-8H2. The molecule has 96 valence electrons. The second-order valence-corrected chi connectivity index (χ2v) is 5.23. The van der Waals surface area contributed by atoms with Crippen LogP contribution in [0.3, 0.4) is 0 Å². The normalized spacial score (nSPS) is 28.6. The van der Waals surface area contributed by atoms with Crippen molar-refractivity contribution in [2.75, 3.05) is 0 Å². The molecule has 2 fully saturated rings. The van der Waals surface area contributed by atoms with E-state index in [0.717, 1.165) is 44.3 Å². The highest BCUT2D eigenvalue weighted by Gasteiger charge is 2.71. The highest BCUT2D eigenvalue weighted by atomic mass is 16.7. The molecule has 0 N–H and O–H groups in total. The van der Waals surface area contributed by atoms with Crippen LogP contribution >= 0.6 is 0 Å². The predicted octanol–water partition coefficient (Wildman–Crippen LogP) is 1.26. The monoisotopic (exact) mass is 250 g/mol. The van der Waals surface area contributed by atoms with Crippen molar-refractivity contribution in [3.8, 4) is 0 Å². The van der Waals surface area contributed by atoms with Gasteiger partial charge in [0, 0.05) is 18.6 Å². The molecule has 0 aromatic heterocycles. The smallest absolute Gasteiger partial charge is 0.334 e. The number of Topliss-reactive ketones (excluding diaryl/α,β-unsaturated/α-hetero) is 1. The quantitative estimate of drug-likeness (QED) is 0.605. The summed E-state index contributed by atoms with van der Waals surface area (Å²) >= 11 is 0. The van der Waals surface area contributed by atoms with Crippen molar-refractivity contribution in [3.05, 3.63) is 12.2 Å². The molecule has 0 aromatic carbocycles. The van der Waals surface area contributed by atoms with E-state index in [1.807, 2.05) is 0 Å². The van der Waals surface area contributed by atoms with Gasteiger partial charge in [-0.25, -0.2) is 9.59 Å². The highest BCUT2D eigenvalue weighted by Crippen LogP contribution is 2.58. The van der Waals surface area contributed by atoms with Crippen LogP contribution in [-0.4, -0.2) is 23.5 Å². The van der Waals surface area contributed by atoms with Gasteiger partial charge in [-0.1, -0.05) is 19.3 Å². The summed E-state index contributed by atoms with van der Waals surface area (Å²) in [6.45, 7) is 0. The number of carbonyl (C=O) groups excluding carboxylic acids is 3. The molecule has 5 heteroatoms. The molecule has 3 aliphatic rings. The fraction of sp³-hybridized carbons (Fsp3) is 0.615. The van der Waals surface area contributed by atoms with Crippen molar-refractivity contribution in [1.29, 1.82) is 0 Å². The minimum atomic E-state index is -1.65. The van der Waals surface area contributed by atoms with Gasteiger partial charge in [-0.05, 0) is 12.8 Å². The SMILES string of the molecule is O=C1C=CC(=O)OC2(O1)C(=O)CC21CCCCC1. The summed E-state index contributed by atoms with van der Waals surface area (Å²) in [4.78, 5) is 35.0. The van der Waals surface area contributed by atoms with Crippen molar-refractivity contribution >= 4 is 17.7 Å². The molecule has 0 radical (unpaired) electrons. The molecule has 0 unspecified atom stereocenters. The third-order valence-electron chi connectivity index (χ3n) is 4.22. The zero-order valence-electron chi connectivity index (χ0n) is 9.94. The molecule has 0 saturated heterocycles. The minimum Gasteiger partial charge on any atom is -0.411 e. The van der Waals surface area contributed by atoms with E-state index in [1.165, 1.54) is 0 Å². The molecule has 18 heavy (non-hydrogen) atoms. The number of hydrogen-bond donors (Lipinski definition) is 0. The molecule has 1 heterocycles. The molecule has 1 aliphatic heterocycles. The van der Waals surface area contributed by atoms with Crippen molar-refractivity contribution < 1.29 is 23.9 Å². The Labute approximate surface area is 104 Å². The first kappa shape index (κ1) is 11.4. The van der Waals surface area contributed by atoms with Gasteiger partial charge >= 0.3 is 17.7 Å². The molecular formula is C13H14O5. The van der Waals surface area contributed by atoms with Crippen molar-refractivity contribution in [1.82, 2.24) is 0 Å². The molecule has 0 bridgehead atoms. The average Bonchev–Trinajstić information content (AvgIpc) is 2.52. The summed E-state index contributed by atoms with van der Waals surface area (Å²) in [5, 5.41) is 0. The number of rotatable bonds is 0. The van der Waals surface area contributed by atoms with Gasteiger partial charge in [0.25, 0.3) is 0 Å². The number of esters is 2. The molecule has 0 atom stereocenters. The van der Waals surface area contributed by atoms with Crippen LogP contribution in [0.15, 0.2) is 12.2 Å².